The maximum atomic E-state index is 12.9. The van der Waals surface area contributed by atoms with E-state index in [-0.39, 0.29) is 11.1 Å². The lowest BCUT2D eigenvalue weighted by molar-refractivity contribution is -0.112. The molecule has 0 bridgehead atoms. The fourth-order valence-electron chi connectivity index (χ4n) is 3.52. The smallest absolute Gasteiger partial charge is 0.340 e. The topological polar surface area (TPSA) is 106 Å². The van der Waals surface area contributed by atoms with Crippen LogP contribution in [0.15, 0.2) is 77.8 Å². The minimum absolute atomic E-state index is 0.131. The van der Waals surface area contributed by atoms with Gasteiger partial charge < -0.3 is 14.8 Å². The summed E-state index contributed by atoms with van der Waals surface area (Å²) in [6.07, 6.45) is 3.29. The second-order valence-electron chi connectivity index (χ2n) is 7.62. The van der Waals surface area contributed by atoms with Crippen molar-refractivity contribution in [2.45, 2.75) is 6.54 Å². The molecular formula is C27H22N4O4S. The van der Waals surface area contributed by atoms with Crippen molar-refractivity contribution in [3.05, 3.63) is 94.5 Å². The molecule has 9 heteroatoms. The van der Waals surface area contributed by atoms with Crippen molar-refractivity contribution >= 4 is 34.3 Å². The van der Waals surface area contributed by atoms with Crippen molar-refractivity contribution in [2.75, 3.05) is 19.5 Å². The van der Waals surface area contributed by atoms with Crippen molar-refractivity contribution in [1.29, 1.82) is 5.26 Å². The number of thiophene rings is 1. The van der Waals surface area contributed by atoms with Crippen LogP contribution in [0.2, 0.25) is 0 Å². The highest BCUT2D eigenvalue weighted by Crippen LogP contribution is 2.28. The van der Waals surface area contributed by atoms with Crippen LogP contribution >= 0.6 is 11.3 Å². The van der Waals surface area contributed by atoms with Gasteiger partial charge in [-0.15, -0.1) is 11.3 Å². The quantitative estimate of drug-likeness (QED) is 0.208. The number of nitrogens with one attached hydrogen (secondary N) is 1. The number of amides is 1. The number of hydrogen-bond acceptors (Lipinski definition) is 7. The first-order chi connectivity index (χ1) is 17.5. The van der Waals surface area contributed by atoms with Gasteiger partial charge in [0.15, 0.2) is 0 Å². The van der Waals surface area contributed by atoms with Crippen LogP contribution in [-0.2, 0) is 16.1 Å². The fraction of sp³-hybridized carbons (Fsp3) is 0.111. The van der Waals surface area contributed by atoms with E-state index in [9.17, 15) is 14.9 Å². The molecule has 0 saturated carbocycles. The molecule has 4 rings (SSSR count). The van der Waals surface area contributed by atoms with E-state index in [0.29, 0.717) is 28.6 Å². The van der Waals surface area contributed by atoms with Crippen molar-refractivity contribution in [2.24, 2.45) is 0 Å². The van der Waals surface area contributed by atoms with Gasteiger partial charge in [0.25, 0.3) is 5.91 Å². The number of nitrogens with zero attached hydrogens (tertiary/aromatic N) is 3. The second-order valence-corrected chi connectivity index (χ2v) is 8.54. The number of ether oxygens (including phenoxy) is 2. The summed E-state index contributed by atoms with van der Waals surface area (Å²) in [4.78, 5) is 24.9. The van der Waals surface area contributed by atoms with Gasteiger partial charge in [0.1, 0.15) is 22.4 Å². The Morgan fingerprint density at radius 2 is 1.86 bits per heavy atom. The van der Waals surface area contributed by atoms with Gasteiger partial charge in [-0.3, -0.25) is 9.48 Å². The maximum absolute atomic E-state index is 12.9. The van der Waals surface area contributed by atoms with E-state index in [2.05, 4.69) is 5.32 Å². The molecule has 2 heterocycles. The summed E-state index contributed by atoms with van der Waals surface area (Å²) in [5.74, 6) is -0.506. The Hall–Kier alpha value is -4.68. The zero-order valence-electron chi connectivity index (χ0n) is 19.6. The summed E-state index contributed by atoms with van der Waals surface area (Å²) >= 11 is 1.17. The number of nitriles is 1. The zero-order valence-corrected chi connectivity index (χ0v) is 20.4. The highest BCUT2D eigenvalue weighted by molar-refractivity contribution is 7.14. The number of carbonyl (C=O) groups excluding carboxylic acids is 2. The molecule has 2 aromatic carbocycles. The van der Waals surface area contributed by atoms with E-state index in [1.54, 1.807) is 29.4 Å². The molecule has 0 saturated heterocycles. The minimum Gasteiger partial charge on any atom is -0.497 e. The maximum Gasteiger partial charge on any atom is 0.340 e. The Kier molecular flexibility index (Phi) is 7.58. The molecule has 0 spiro atoms. The zero-order chi connectivity index (χ0) is 25.5. The van der Waals surface area contributed by atoms with Gasteiger partial charge in [0.05, 0.1) is 32.0 Å². The highest BCUT2D eigenvalue weighted by Gasteiger charge is 2.19. The van der Waals surface area contributed by atoms with E-state index >= 15 is 0 Å². The van der Waals surface area contributed by atoms with Crippen LogP contribution in [0, 0.1) is 11.3 Å². The molecule has 1 N–H and O–H groups in total. The van der Waals surface area contributed by atoms with Crippen molar-refractivity contribution in [1.82, 2.24) is 9.78 Å². The first-order valence-corrected chi connectivity index (χ1v) is 11.7. The molecular weight excluding hydrogens is 476 g/mol. The third-order valence-electron chi connectivity index (χ3n) is 5.30. The molecule has 36 heavy (non-hydrogen) atoms. The molecule has 0 unspecified atom stereocenters. The molecule has 0 aliphatic heterocycles. The fourth-order valence-corrected chi connectivity index (χ4v) is 4.29. The summed E-state index contributed by atoms with van der Waals surface area (Å²) in [5.41, 5.74) is 3.17. The van der Waals surface area contributed by atoms with Crippen LogP contribution in [0.25, 0.3) is 17.3 Å². The minimum atomic E-state index is -0.637. The Morgan fingerprint density at radius 1 is 1.11 bits per heavy atom. The Bertz CT molecular complexity index is 1450. The van der Waals surface area contributed by atoms with Crippen LogP contribution in [0.5, 0.6) is 5.75 Å². The lowest BCUT2D eigenvalue weighted by Crippen LogP contribution is -2.15. The molecule has 0 atom stereocenters. The normalized spacial score (nSPS) is 11.0. The van der Waals surface area contributed by atoms with E-state index in [1.807, 2.05) is 60.7 Å². The van der Waals surface area contributed by atoms with Crippen molar-refractivity contribution in [3.8, 4) is 23.1 Å². The number of esters is 1. The van der Waals surface area contributed by atoms with Gasteiger partial charge in [-0.2, -0.15) is 10.4 Å². The lowest BCUT2D eigenvalue weighted by atomic mass is 10.1. The summed E-state index contributed by atoms with van der Waals surface area (Å²) in [5, 5.41) is 19.1. The van der Waals surface area contributed by atoms with Crippen LogP contribution in [0.4, 0.5) is 5.00 Å². The lowest BCUT2D eigenvalue weighted by Gasteiger charge is -2.05. The standard InChI is InChI=1S/C27H22N4O4S/c1-34-22-10-8-19(9-11-22)24-21(17-31(30-24)16-18-6-4-3-5-7-18)14-20(15-28)25(32)29-26-23(12-13-36-26)27(33)35-2/h3-14,17H,16H2,1-2H3,(H,29,32). The van der Waals surface area contributed by atoms with E-state index in [0.717, 1.165) is 11.1 Å². The summed E-state index contributed by atoms with van der Waals surface area (Å²) in [6, 6.07) is 20.7. The number of carbonyl (C=O) groups is 2. The molecule has 4 aromatic rings. The first-order valence-electron chi connectivity index (χ1n) is 10.9. The van der Waals surface area contributed by atoms with Crippen LogP contribution < -0.4 is 10.1 Å². The predicted octanol–water partition coefficient (Wildman–Crippen LogP) is 5.00. The van der Waals surface area contributed by atoms with E-state index < -0.39 is 11.9 Å². The number of anilines is 1. The molecule has 8 nitrogen and oxygen atoms in total. The van der Waals surface area contributed by atoms with Gasteiger partial charge in [0, 0.05) is 17.3 Å². The number of aromatic nitrogens is 2. The van der Waals surface area contributed by atoms with Crippen LogP contribution in [-0.4, -0.2) is 35.9 Å². The van der Waals surface area contributed by atoms with Gasteiger partial charge in [-0.25, -0.2) is 4.79 Å². The summed E-state index contributed by atoms with van der Waals surface area (Å²) in [6.45, 7) is 0.517. The molecule has 0 radical (unpaired) electrons. The monoisotopic (exact) mass is 498 g/mol. The SMILES string of the molecule is COC(=O)c1ccsc1NC(=O)C(C#N)=Cc1cn(Cc2ccccc2)nc1-c1ccc(OC)cc1. The van der Waals surface area contributed by atoms with Crippen LogP contribution in [0.1, 0.15) is 21.5 Å². The predicted molar refractivity (Wildman–Crippen MR) is 138 cm³/mol. The average molecular weight is 499 g/mol. The van der Waals surface area contributed by atoms with Crippen LogP contribution in [0.3, 0.4) is 0 Å². The molecule has 180 valence electrons. The van der Waals surface area contributed by atoms with Crippen molar-refractivity contribution < 1.29 is 19.1 Å². The third kappa shape index (κ3) is 5.51. The first kappa shape index (κ1) is 24.4. The Balaban J connectivity index is 1.69. The average Bonchev–Trinajstić information content (AvgIpc) is 3.54. The Labute approximate surface area is 212 Å². The largest absolute Gasteiger partial charge is 0.497 e. The number of rotatable bonds is 8. The van der Waals surface area contributed by atoms with Gasteiger partial charge in [-0.1, -0.05) is 30.3 Å². The second kappa shape index (κ2) is 11.2. The van der Waals surface area contributed by atoms with Crippen molar-refractivity contribution in [3.63, 3.8) is 0 Å². The molecule has 2 aromatic heterocycles. The number of methoxy groups -OCH3 is 2. The van der Waals surface area contributed by atoms with Gasteiger partial charge in [0.2, 0.25) is 0 Å². The Morgan fingerprint density at radius 3 is 2.53 bits per heavy atom. The molecule has 0 aliphatic rings. The molecule has 0 aliphatic carbocycles. The summed E-state index contributed by atoms with van der Waals surface area (Å²) in [7, 11) is 2.86. The number of benzene rings is 2. The summed E-state index contributed by atoms with van der Waals surface area (Å²) < 4.78 is 11.8. The van der Waals surface area contributed by atoms with E-state index in [1.165, 1.54) is 24.5 Å². The number of hydrogen-bond donors (Lipinski definition) is 1. The van der Waals surface area contributed by atoms with E-state index in [4.69, 9.17) is 14.6 Å². The molecule has 0 fully saturated rings. The third-order valence-corrected chi connectivity index (χ3v) is 6.13. The highest BCUT2D eigenvalue weighted by atomic mass is 32.1. The van der Waals surface area contributed by atoms with Gasteiger partial charge in [-0.05, 0) is 47.4 Å². The van der Waals surface area contributed by atoms with Gasteiger partial charge >= 0.3 is 5.97 Å². The molecule has 1 amide bonds.